The molecule has 0 unspecified atom stereocenters. The van der Waals surface area contributed by atoms with Gasteiger partial charge in [0, 0.05) is 37.2 Å². The first-order chi connectivity index (χ1) is 13.9. The van der Waals surface area contributed by atoms with Crippen molar-refractivity contribution >= 4 is 29.0 Å². The van der Waals surface area contributed by atoms with Crippen LogP contribution in [0.3, 0.4) is 0 Å². The third kappa shape index (κ3) is 5.73. The average Bonchev–Trinajstić information content (AvgIpc) is 2.68. The van der Waals surface area contributed by atoms with Crippen molar-refractivity contribution in [2.75, 3.05) is 29.6 Å². The Kier molecular flexibility index (Phi) is 6.75. The molecule has 1 saturated carbocycles. The molecule has 0 aromatic heterocycles. The summed E-state index contributed by atoms with van der Waals surface area (Å²) in [6.45, 7) is 1.97. The third-order valence-corrected chi connectivity index (χ3v) is 5.20. The van der Waals surface area contributed by atoms with Gasteiger partial charge in [0.25, 0.3) is 5.91 Å². The zero-order chi connectivity index (χ0) is 20.8. The van der Waals surface area contributed by atoms with Crippen molar-refractivity contribution in [3.05, 3.63) is 53.6 Å². The van der Waals surface area contributed by atoms with E-state index in [-0.39, 0.29) is 18.0 Å². The van der Waals surface area contributed by atoms with Gasteiger partial charge in [-0.15, -0.1) is 0 Å². The Labute approximate surface area is 172 Å². The summed E-state index contributed by atoms with van der Waals surface area (Å²) in [5.41, 5.74) is 3.76. The first-order valence-electron chi connectivity index (χ1n) is 10.2. The second kappa shape index (κ2) is 9.45. The maximum atomic E-state index is 12.9. The molecule has 1 fully saturated rings. The van der Waals surface area contributed by atoms with E-state index in [9.17, 15) is 9.59 Å². The minimum absolute atomic E-state index is 0.0941. The Bertz CT molecular complexity index is 873. The molecule has 0 atom stereocenters. The standard InChI is InChI=1S/C23H30N4O2/c1-16-8-7-11-18(14-16)25-23(29)26-19-12-13-21(27(2)3)20(15-19)22(28)24-17-9-5-4-6-10-17/h7-8,11-15,17H,4-6,9-10H2,1-3H3,(H,24,28)(H2,25,26,29). The van der Waals surface area contributed by atoms with E-state index in [0.29, 0.717) is 11.3 Å². The number of amides is 3. The van der Waals surface area contributed by atoms with Crippen molar-refractivity contribution in [1.82, 2.24) is 5.32 Å². The molecule has 2 aromatic rings. The van der Waals surface area contributed by atoms with Gasteiger partial charge < -0.3 is 20.9 Å². The number of hydrogen-bond acceptors (Lipinski definition) is 3. The van der Waals surface area contributed by atoms with Crippen molar-refractivity contribution in [3.63, 3.8) is 0 Å². The van der Waals surface area contributed by atoms with E-state index in [2.05, 4.69) is 16.0 Å². The second-order valence-corrected chi connectivity index (χ2v) is 7.88. The summed E-state index contributed by atoms with van der Waals surface area (Å²) >= 11 is 0. The first kappa shape index (κ1) is 20.7. The van der Waals surface area contributed by atoms with Crippen LogP contribution in [-0.2, 0) is 0 Å². The first-order valence-corrected chi connectivity index (χ1v) is 10.2. The fourth-order valence-electron chi connectivity index (χ4n) is 3.71. The van der Waals surface area contributed by atoms with E-state index in [1.807, 2.05) is 62.3 Å². The maximum Gasteiger partial charge on any atom is 0.323 e. The van der Waals surface area contributed by atoms with Crippen LogP contribution in [0.1, 0.15) is 48.0 Å². The molecule has 0 bridgehead atoms. The fraction of sp³-hybridized carbons (Fsp3) is 0.391. The van der Waals surface area contributed by atoms with Gasteiger partial charge in [0.15, 0.2) is 0 Å². The van der Waals surface area contributed by atoms with Gasteiger partial charge in [-0.3, -0.25) is 4.79 Å². The molecule has 29 heavy (non-hydrogen) atoms. The lowest BCUT2D eigenvalue weighted by Gasteiger charge is -2.24. The molecule has 0 heterocycles. The molecule has 2 aromatic carbocycles. The number of anilines is 3. The zero-order valence-corrected chi connectivity index (χ0v) is 17.4. The fourth-order valence-corrected chi connectivity index (χ4v) is 3.71. The van der Waals surface area contributed by atoms with Crippen LogP contribution < -0.4 is 20.9 Å². The van der Waals surface area contributed by atoms with Crippen LogP contribution in [0, 0.1) is 6.92 Å². The van der Waals surface area contributed by atoms with Crippen molar-refractivity contribution < 1.29 is 9.59 Å². The molecule has 0 saturated heterocycles. The molecule has 1 aliphatic rings. The van der Waals surface area contributed by atoms with E-state index in [4.69, 9.17) is 0 Å². The quantitative estimate of drug-likeness (QED) is 0.684. The number of urea groups is 1. The smallest absolute Gasteiger partial charge is 0.323 e. The topological polar surface area (TPSA) is 73.5 Å². The monoisotopic (exact) mass is 394 g/mol. The molecular formula is C23H30N4O2. The number of benzene rings is 2. The van der Waals surface area contributed by atoms with Gasteiger partial charge in [0.1, 0.15) is 0 Å². The summed E-state index contributed by atoms with van der Waals surface area (Å²) in [6, 6.07) is 12.9. The van der Waals surface area contributed by atoms with Crippen molar-refractivity contribution in [1.29, 1.82) is 0 Å². The number of carbonyl (C=O) groups is 2. The molecule has 3 amide bonds. The lowest BCUT2D eigenvalue weighted by Crippen LogP contribution is -2.36. The zero-order valence-electron chi connectivity index (χ0n) is 17.4. The number of rotatable bonds is 5. The van der Waals surface area contributed by atoms with Crippen LogP contribution >= 0.6 is 0 Å². The van der Waals surface area contributed by atoms with Crippen LogP contribution in [-0.4, -0.2) is 32.1 Å². The SMILES string of the molecule is Cc1cccc(NC(=O)Nc2ccc(N(C)C)c(C(=O)NC3CCCCC3)c2)c1. The summed E-state index contributed by atoms with van der Waals surface area (Å²) in [4.78, 5) is 27.2. The Morgan fingerprint density at radius 3 is 2.28 bits per heavy atom. The summed E-state index contributed by atoms with van der Waals surface area (Å²) < 4.78 is 0. The highest BCUT2D eigenvalue weighted by molar-refractivity contribution is 6.04. The predicted octanol–water partition coefficient (Wildman–Crippen LogP) is 4.77. The van der Waals surface area contributed by atoms with Crippen molar-refractivity contribution in [3.8, 4) is 0 Å². The Morgan fingerprint density at radius 2 is 1.62 bits per heavy atom. The number of aryl methyl sites for hydroxylation is 1. The Morgan fingerprint density at radius 1 is 0.931 bits per heavy atom. The average molecular weight is 395 g/mol. The van der Waals surface area contributed by atoms with Gasteiger partial charge in [-0.1, -0.05) is 31.4 Å². The van der Waals surface area contributed by atoms with Crippen LogP contribution in [0.2, 0.25) is 0 Å². The maximum absolute atomic E-state index is 12.9. The lowest BCUT2D eigenvalue weighted by atomic mass is 9.95. The van der Waals surface area contributed by atoms with Crippen LogP contribution in [0.4, 0.5) is 21.9 Å². The Balaban J connectivity index is 1.73. The number of hydrogen-bond donors (Lipinski definition) is 3. The minimum Gasteiger partial charge on any atom is -0.377 e. The molecule has 6 nitrogen and oxygen atoms in total. The second-order valence-electron chi connectivity index (χ2n) is 7.88. The van der Waals surface area contributed by atoms with Crippen molar-refractivity contribution in [2.45, 2.75) is 45.1 Å². The lowest BCUT2D eigenvalue weighted by molar-refractivity contribution is 0.0928. The summed E-state index contributed by atoms with van der Waals surface area (Å²) in [7, 11) is 3.81. The van der Waals surface area contributed by atoms with Gasteiger partial charge in [-0.2, -0.15) is 0 Å². The Hall–Kier alpha value is -3.02. The van der Waals surface area contributed by atoms with Gasteiger partial charge in [-0.25, -0.2) is 4.79 Å². The largest absolute Gasteiger partial charge is 0.377 e. The summed E-state index contributed by atoms with van der Waals surface area (Å²) in [6.07, 6.45) is 5.61. The molecule has 3 N–H and O–H groups in total. The molecule has 1 aliphatic carbocycles. The number of nitrogens with zero attached hydrogens (tertiary/aromatic N) is 1. The van der Waals surface area contributed by atoms with Crippen LogP contribution in [0.5, 0.6) is 0 Å². The van der Waals surface area contributed by atoms with E-state index in [0.717, 1.165) is 42.6 Å². The highest BCUT2D eigenvalue weighted by atomic mass is 16.2. The normalized spacial score (nSPS) is 14.2. The molecular weight excluding hydrogens is 364 g/mol. The summed E-state index contributed by atoms with van der Waals surface area (Å²) in [5, 5.41) is 8.81. The van der Waals surface area contributed by atoms with Gasteiger partial charge >= 0.3 is 6.03 Å². The van der Waals surface area contributed by atoms with E-state index >= 15 is 0 Å². The van der Waals surface area contributed by atoms with Gasteiger partial charge in [-0.05, 0) is 55.7 Å². The van der Waals surface area contributed by atoms with Gasteiger partial charge in [0.2, 0.25) is 0 Å². The highest BCUT2D eigenvalue weighted by Gasteiger charge is 2.20. The molecule has 154 valence electrons. The van der Waals surface area contributed by atoms with E-state index < -0.39 is 0 Å². The minimum atomic E-state index is -0.341. The predicted molar refractivity (Wildman–Crippen MR) is 119 cm³/mol. The molecule has 0 radical (unpaired) electrons. The number of nitrogens with one attached hydrogen (secondary N) is 3. The third-order valence-electron chi connectivity index (χ3n) is 5.20. The van der Waals surface area contributed by atoms with Crippen LogP contribution in [0.25, 0.3) is 0 Å². The van der Waals surface area contributed by atoms with E-state index in [1.54, 1.807) is 6.07 Å². The number of carbonyl (C=O) groups excluding carboxylic acids is 2. The van der Waals surface area contributed by atoms with Crippen molar-refractivity contribution in [2.24, 2.45) is 0 Å². The molecule has 6 heteroatoms. The van der Waals surface area contributed by atoms with Gasteiger partial charge in [0.05, 0.1) is 5.56 Å². The summed E-state index contributed by atoms with van der Waals surface area (Å²) in [5.74, 6) is -0.0941. The molecule has 3 rings (SSSR count). The van der Waals surface area contributed by atoms with E-state index in [1.165, 1.54) is 6.42 Å². The molecule has 0 aliphatic heterocycles. The van der Waals surface area contributed by atoms with Crippen LogP contribution in [0.15, 0.2) is 42.5 Å². The molecule has 0 spiro atoms. The highest BCUT2D eigenvalue weighted by Crippen LogP contribution is 2.25.